The predicted octanol–water partition coefficient (Wildman–Crippen LogP) is 2.17. The number of anilines is 1. The summed E-state index contributed by atoms with van der Waals surface area (Å²) >= 11 is 0. The minimum atomic E-state index is -0.477. The van der Waals surface area contributed by atoms with E-state index in [-0.39, 0.29) is 6.09 Å². The maximum atomic E-state index is 12.2. The number of aryl methyl sites for hydroxylation is 1. The van der Waals surface area contributed by atoms with Gasteiger partial charge in [-0.15, -0.1) is 0 Å². The topological polar surface area (TPSA) is 29.5 Å². The van der Waals surface area contributed by atoms with E-state index in [9.17, 15) is 4.79 Å². The molecule has 1 aromatic rings. The molecule has 2 radical (unpaired) electrons. The zero-order chi connectivity index (χ0) is 13.3. The standard InChI is InChI=1S/C14H18BNO2/c1-14(2,3)18-13(17)16-8-4-5-10-6-7-11(15)9-12(10)16/h6-7,9H,4-5,8H2,1-3H3. The number of fused-ring (bicyclic) bond motifs is 1. The van der Waals surface area contributed by atoms with E-state index in [1.54, 1.807) is 4.90 Å². The summed E-state index contributed by atoms with van der Waals surface area (Å²) in [5, 5.41) is 0. The summed E-state index contributed by atoms with van der Waals surface area (Å²) in [7, 11) is 5.79. The van der Waals surface area contributed by atoms with Crippen molar-refractivity contribution in [3.63, 3.8) is 0 Å². The maximum absolute atomic E-state index is 12.2. The van der Waals surface area contributed by atoms with Crippen molar-refractivity contribution in [2.24, 2.45) is 0 Å². The van der Waals surface area contributed by atoms with E-state index in [0.29, 0.717) is 12.0 Å². The lowest BCUT2D eigenvalue weighted by molar-refractivity contribution is 0.0578. The number of carbonyl (C=O) groups excluding carboxylic acids is 1. The van der Waals surface area contributed by atoms with Crippen molar-refractivity contribution < 1.29 is 9.53 Å². The molecule has 4 heteroatoms. The van der Waals surface area contributed by atoms with E-state index in [1.165, 1.54) is 0 Å². The average Bonchev–Trinajstić information content (AvgIpc) is 2.25. The summed E-state index contributed by atoms with van der Waals surface area (Å²) in [6.45, 7) is 6.30. The first kappa shape index (κ1) is 13.0. The number of hydrogen-bond acceptors (Lipinski definition) is 2. The second kappa shape index (κ2) is 4.67. The summed E-state index contributed by atoms with van der Waals surface area (Å²) < 4.78 is 5.42. The molecule has 18 heavy (non-hydrogen) atoms. The maximum Gasteiger partial charge on any atom is 0.414 e. The molecule has 0 spiro atoms. The van der Waals surface area contributed by atoms with Crippen molar-refractivity contribution in [3.8, 4) is 0 Å². The summed E-state index contributed by atoms with van der Waals surface area (Å²) in [5.74, 6) is 0. The fraction of sp³-hybridized carbons (Fsp3) is 0.500. The van der Waals surface area contributed by atoms with Crippen LogP contribution in [0.25, 0.3) is 0 Å². The Hall–Kier alpha value is -1.45. The lowest BCUT2D eigenvalue weighted by atomic mass is 9.91. The highest BCUT2D eigenvalue weighted by Gasteiger charge is 2.27. The monoisotopic (exact) mass is 243 g/mol. The summed E-state index contributed by atoms with van der Waals surface area (Å²) in [6.07, 6.45) is 1.64. The Balaban J connectivity index is 2.27. The highest BCUT2D eigenvalue weighted by molar-refractivity contribution is 6.32. The van der Waals surface area contributed by atoms with Gasteiger partial charge in [-0.1, -0.05) is 17.6 Å². The Morgan fingerprint density at radius 2 is 2.11 bits per heavy atom. The molecule has 1 amide bonds. The third-order valence-electron chi connectivity index (χ3n) is 2.84. The van der Waals surface area contributed by atoms with Crippen LogP contribution < -0.4 is 10.4 Å². The van der Waals surface area contributed by atoms with Crippen LogP contribution in [0.1, 0.15) is 32.8 Å². The SMILES string of the molecule is [B]c1ccc2c(c1)N(C(=O)OC(C)(C)C)CCC2. The Kier molecular flexibility index (Phi) is 3.37. The number of amides is 1. The second-order valence-corrected chi connectivity index (χ2v) is 5.62. The van der Waals surface area contributed by atoms with Crippen LogP contribution in [0, 0.1) is 0 Å². The smallest absolute Gasteiger partial charge is 0.414 e. The van der Waals surface area contributed by atoms with Crippen LogP contribution in [-0.4, -0.2) is 26.1 Å². The molecule has 0 atom stereocenters. The molecular formula is C14H18BNO2. The number of carbonyl (C=O) groups is 1. The molecule has 1 aliphatic rings. The van der Waals surface area contributed by atoms with E-state index in [4.69, 9.17) is 12.6 Å². The summed E-state index contributed by atoms with van der Waals surface area (Å²) in [4.78, 5) is 13.8. The van der Waals surface area contributed by atoms with Crippen LogP contribution in [0.5, 0.6) is 0 Å². The van der Waals surface area contributed by atoms with E-state index in [2.05, 4.69) is 0 Å². The molecule has 0 saturated carbocycles. The fourth-order valence-electron chi connectivity index (χ4n) is 2.10. The van der Waals surface area contributed by atoms with Crippen LogP contribution in [0.15, 0.2) is 18.2 Å². The zero-order valence-corrected chi connectivity index (χ0v) is 11.2. The molecule has 0 saturated heterocycles. The van der Waals surface area contributed by atoms with Crippen LogP contribution in [0.3, 0.4) is 0 Å². The van der Waals surface area contributed by atoms with Gasteiger partial charge in [-0.2, -0.15) is 0 Å². The van der Waals surface area contributed by atoms with Gasteiger partial charge in [0.2, 0.25) is 0 Å². The molecule has 1 aromatic carbocycles. The van der Waals surface area contributed by atoms with Gasteiger partial charge in [0.1, 0.15) is 13.4 Å². The average molecular weight is 243 g/mol. The van der Waals surface area contributed by atoms with Crippen molar-refractivity contribution in [2.45, 2.75) is 39.2 Å². The van der Waals surface area contributed by atoms with Gasteiger partial charge in [0, 0.05) is 12.2 Å². The van der Waals surface area contributed by atoms with Gasteiger partial charge in [-0.3, -0.25) is 4.90 Å². The molecule has 0 unspecified atom stereocenters. The number of benzene rings is 1. The highest BCUT2D eigenvalue weighted by Crippen LogP contribution is 2.27. The number of nitrogens with zero attached hydrogens (tertiary/aromatic N) is 1. The Morgan fingerprint density at radius 1 is 1.39 bits per heavy atom. The van der Waals surface area contributed by atoms with E-state index in [1.807, 2.05) is 39.0 Å². The van der Waals surface area contributed by atoms with Gasteiger partial charge >= 0.3 is 6.09 Å². The van der Waals surface area contributed by atoms with Crippen molar-refractivity contribution in [1.82, 2.24) is 0 Å². The molecule has 94 valence electrons. The second-order valence-electron chi connectivity index (χ2n) is 5.62. The van der Waals surface area contributed by atoms with Crippen LogP contribution in [0.4, 0.5) is 10.5 Å². The lowest BCUT2D eigenvalue weighted by Gasteiger charge is -2.32. The van der Waals surface area contributed by atoms with Gasteiger partial charge in [0.05, 0.1) is 0 Å². The molecule has 0 fully saturated rings. The summed E-state index contributed by atoms with van der Waals surface area (Å²) in [6, 6.07) is 5.71. The molecule has 2 rings (SSSR count). The molecule has 0 N–H and O–H groups in total. The minimum absolute atomic E-state index is 0.297. The van der Waals surface area contributed by atoms with Gasteiger partial charge in [0.25, 0.3) is 0 Å². The first-order chi connectivity index (χ1) is 8.37. The van der Waals surface area contributed by atoms with Crippen molar-refractivity contribution in [2.75, 3.05) is 11.4 Å². The first-order valence-corrected chi connectivity index (χ1v) is 6.26. The zero-order valence-electron chi connectivity index (χ0n) is 11.2. The fourth-order valence-corrected chi connectivity index (χ4v) is 2.10. The van der Waals surface area contributed by atoms with Crippen molar-refractivity contribution in [1.29, 1.82) is 0 Å². The first-order valence-electron chi connectivity index (χ1n) is 6.26. The largest absolute Gasteiger partial charge is 0.443 e. The molecule has 0 aromatic heterocycles. The number of rotatable bonds is 0. The lowest BCUT2D eigenvalue weighted by Crippen LogP contribution is -2.40. The predicted molar refractivity (Wildman–Crippen MR) is 73.7 cm³/mol. The van der Waals surface area contributed by atoms with Crippen LogP contribution >= 0.6 is 0 Å². The Morgan fingerprint density at radius 3 is 2.78 bits per heavy atom. The quantitative estimate of drug-likeness (QED) is 0.653. The van der Waals surface area contributed by atoms with Gasteiger partial charge < -0.3 is 4.74 Å². The van der Waals surface area contributed by atoms with Crippen LogP contribution in [0.2, 0.25) is 0 Å². The third kappa shape index (κ3) is 2.86. The van der Waals surface area contributed by atoms with Gasteiger partial charge in [-0.25, -0.2) is 4.79 Å². The van der Waals surface area contributed by atoms with E-state index < -0.39 is 5.60 Å². The molecule has 0 aliphatic carbocycles. The molecule has 0 bridgehead atoms. The van der Waals surface area contributed by atoms with Crippen LogP contribution in [-0.2, 0) is 11.2 Å². The highest BCUT2D eigenvalue weighted by atomic mass is 16.6. The van der Waals surface area contributed by atoms with Gasteiger partial charge in [0.15, 0.2) is 0 Å². The minimum Gasteiger partial charge on any atom is -0.443 e. The van der Waals surface area contributed by atoms with E-state index in [0.717, 1.165) is 24.1 Å². The Labute approximate surface area is 110 Å². The van der Waals surface area contributed by atoms with E-state index >= 15 is 0 Å². The Bertz CT molecular complexity index is 465. The van der Waals surface area contributed by atoms with Gasteiger partial charge in [-0.05, 0) is 45.2 Å². The molecular weight excluding hydrogens is 225 g/mol. The van der Waals surface area contributed by atoms with Crippen molar-refractivity contribution in [3.05, 3.63) is 23.8 Å². The molecule has 1 aliphatic heterocycles. The van der Waals surface area contributed by atoms with Crippen molar-refractivity contribution >= 4 is 25.1 Å². The number of ether oxygens (including phenoxy) is 1. The molecule has 1 heterocycles. The molecule has 3 nitrogen and oxygen atoms in total. The third-order valence-corrected chi connectivity index (χ3v) is 2.84. The normalized spacial score (nSPS) is 15.2. The number of hydrogen-bond donors (Lipinski definition) is 0. The summed E-state index contributed by atoms with van der Waals surface area (Å²) in [5.41, 5.74) is 2.23.